The maximum absolute atomic E-state index is 12.1. The average molecular weight is 250 g/mol. The van der Waals surface area contributed by atoms with Gasteiger partial charge in [-0.15, -0.1) is 0 Å². The molecule has 1 rings (SSSR count). The predicted molar refractivity (Wildman–Crippen MR) is 63.2 cm³/mol. The van der Waals surface area contributed by atoms with Gasteiger partial charge in [0.15, 0.2) is 0 Å². The van der Waals surface area contributed by atoms with E-state index >= 15 is 0 Å². The monoisotopic (exact) mass is 250 g/mol. The largest absolute Gasteiger partial charge is 0.390 e. The first-order valence-electron chi connectivity index (χ1n) is 5.62. The summed E-state index contributed by atoms with van der Waals surface area (Å²) in [5, 5.41) is 9.77. The van der Waals surface area contributed by atoms with E-state index in [1.807, 2.05) is 13.8 Å². The van der Waals surface area contributed by atoms with Crippen LogP contribution < -0.4 is 0 Å². The van der Waals surface area contributed by atoms with E-state index in [0.29, 0.717) is 25.9 Å². The van der Waals surface area contributed by atoms with Crippen LogP contribution in [0.15, 0.2) is 0 Å². The van der Waals surface area contributed by atoms with Gasteiger partial charge in [-0.2, -0.15) is 17.0 Å². The van der Waals surface area contributed by atoms with E-state index in [1.54, 1.807) is 14.0 Å². The van der Waals surface area contributed by atoms with Crippen LogP contribution in [0.4, 0.5) is 0 Å². The van der Waals surface area contributed by atoms with Crippen LogP contribution in [0, 0.1) is 0 Å². The van der Waals surface area contributed by atoms with Crippen LogP contribution >= 0.6 is 0 Å². The molecule has 0 aromatic rings. The number of rotatable bonds is 3. The Morgan fingerprint density at radius 2 is 1.75 bits per heavy atom. The molecule has 96 valence electrons. The van der Waals surface area contributed by atoms with Gasteiger partial charge in [-0.1, -0.05) is 0 Å². The molecule has 0 radical (unpaired) electrons. The van der Waals surface area contributed by atoms with Gasteiger partial charge >= 0.3 is 0 Å². The molecule has 0 amide bonds. The first-order chi connectivity index (χ1) is 7.17. The molecule has 0 spiro atoms. The predicted octanol–water partition coefficient (Wildman–Crippen LogP) is 0.418. The van der Waals surface area contributed by atoms with Gasteiger partial charge in [-0.05, 0) is 33.6 Å². The number of piperidine rings is 1. The Morgan fingerprint density at radius 3 is 2.12 bits per heavy atom. The van der Waals surface area contributed by atoms with E-state index in [1.165, 1.54) is 8.61 Å². The van der Waals surface area contributed by atoms with Crippen LogP contribution in [-0.2, 0) is 10.2 Å². The zero-order chi connectivity index (χ0) is 12.6. The zero-order valence-corrected chi connectivity index (χ0v) is 11.3. The van der Waals surface area contributed by atoms with Crippen LogP contribution in [0.5, 0.6) is 0 Å². The Kier molecular flexibility index (Phi) is 3.99. The molecule has 1 aliphatic heterocycles. The molecular formula is C10H22N2O3S. The summed E-state index contributed by atoms with van der Waals surface area (Å²) in [7, 11) is -1.77. The first kappa shape index (κ1) is 13.9. The fourth-order valence-corrected chi connectivity index (χ4v) is 3.19. The molecule has 1 aliphatic rings. The summed E-state index contributed by atoms with van der Waals surface area (Å²) < 4.78 is 27.0. The van der Waals surface area contributed by atoms with Gasteiger partial charge in [0, 0.05) is 26.2 Å². The molecule has 5 nitrogen and oxygen atoms in total. The Labute approximate surface area is 98.2 Å². The van der Waals surface area contributed by atoms with E-state index in [9.17, 15) is 13.5 Å². The minimum absolute atomic E-state index is 0.0487. The Morgan fingerprint density at radius 1 is 1.31 bits per heavy atom. The van der Waals surface area contributed by atoms with E-state index in [4.69, 9.17) is 0 Å². The third-order valence-electron chi connectivity index (χ3n) is 3.22. The Bertz CT molecular complexity index is 328. The Hall–Kier alpha value is -0.170. The lowest BCUT2D eigenvalue weighted by atomic mass is 9.95. The lowest BCUT2D eigenvalue weighted by Crippen LogP contribution is -2.50. The maximum Gasteiger partial charge on any atom is 0.281 e. The van der Waals surface area contributed by atoms with Gasteiger partial charge in [-0.25, -0.2) is 0 Å². The number of hydrogen-bond acceptors (Lipinski definition) is 3. The highest BCUT2D eigenvalue weighted by Crippen LogP contribution is 2.24. The quantitative estimate of drug-likeness (QED) is 0.789. The molecule has 0 atom stereocenters. The molecule has 0 aromatic carbocycles. The molecule has 1 saturated heterocycles. The van der Waals surface area contributed by atoms with Crippen LogP contribution in [0.3, 0.4) is 0 Å². The number of hydrogen-bond donors (Lipinski definition) is 1. The van der Waals surface area contributed by atoms with Crippen molar-refractivity contribution in [3.05, 3.63) is 0 Å². The lowest BCUT2D eigenvalue weighted by molar-refractivity contribution is 0.0115. The van der Waals surface area contributed by atoms with Crippen molar-refractivity contribution in [3.8, 4) is 0 Å². The summed E-state index contributed by atoms with van der Waals surface area (Å²) in [6.45, 7) is 6.23. The third kappa shape index (κ3) is 2.94. The van der Waals surface area contributed by atoms with Crippen molar-refractivity contribution in [1.82, 2.24) is 8.61 Å². The van der Waals surface area contributed by atoms with Gasteiger partial charge in [0.2, 0.25) is 0 Å². The summed E-state index contributed by atoms with van der Waals surface area (Å²) >= 11 is 0. The molecule has 1 fully saturated rings. The van der Waals surface area contributed by atoms with Crippen LogP contribution in [0.1, 0.15) is 33.6 Å². The van der Waals surface area contributed by atoms with Crippen LogP contribution in [0.25, 0.3) is 0 Å². The van der Waals surface area contributed by atoms with E-state index < -0.39 is 15.8 Å². The molecule has 0 saturated carbocycles. The van der Waals surface area contributed by atoms with Gasteiger partial charge in [0.1, 0.15) is 0 Å². The fourth-order valence-electron chi connectivity index (χ4n) is 1.65. The third-order valence-corrected chi connectivity index (χ3v) is 5.38. The van der Waals surface area contributed by atoms with Crippen molar-refractivity contribution in [3.63, 3.8) is 0 Å². The van der Waals surface area contributed by atoms with Crippen molar-refractivity contribution in [2.24, 2.45) is 0 Å². The minimum atomic E-state index is -3.36. The number of nitrogens with zero attached hydrogens (tertiary/aromatic N) is 2. The van der Waals surface area contributed by atoms with Crippen LogP contribution in [0.2, 0.25) is 0 Å². The summed E-state index contributed by atoms with van der Waals surface area (Å²) in [6.07, 6.45) is 0.996. The van der Waals surface area contributed by atoms with Crippen molar-refractivity contribution < 1.29 is 13.5 Å². The minimum Gasteiger partial charge on any atom is -0.390 e. The second-order valence-corrected chi connectivity index (χ2v) is 7.00. The summed E-state index contributed by atoms with van der Waals surface area (Å²) in [5.74, 6) is 0. The highest BCUT2D eigenvalue weighted by molar-refractivity contribution is 7.86. The second kappa shape index (κ2) is 4.60. The molecule has 1 heterocycles. The number of aliphatic hydroxyl groups is 1. The summed E-state index contributed by atoms with van der Waals surface area (Å²) in [6, 6.07) is -0.0487. The van der Waals surface area contributed by atoms with Crippen molar-refractivity contribution in [2.45, 2.75) is 45.3 Å². The smallest absolute Gasteiger partial charge is 0.281 e. The van der Waals surface area contributed by atoms with Gasteiger partial charge < -0.3 is 5.11 Å². The summed E-state index contributed by atoms with van der Waals surface area (Å²) in [5.41, 5.74) is -0.720. The topological polar surface area (TPSA) is 60.9 Å². The highest BCUT2D eigenvalue weighted by atomic mass is 32.2. The highest BCUT2D eigenvalue weighted by Gasteiger charge is 2.35. The second-order valence-electron chi connectivity index (χ2n) is 5.01. The molecular weight excluding hydrogens is 228 g/mol. The summed E-state index contributed by atoms with van der Waals surface area (Å²) in [4.78, 5) is 0. The average Bonchev–Trinajstić information content (AvgIpc) is 2.15. The van der Waals surface area contributed by atoms with E-state index in [2.05, 4.69) is 0 Å². The molecule has 0 aromatic heterocycles. The lowest BCUT2D eigenvalue weighted by Gasteiger charge is -2.37. The maximum atomic E-state index is 12.1. The molecule has 0 unspecified atom stereocenters. The van der Waals surface area contributed by atoms with Crippen molar-refractivity contribution >= 4 is 10.2 Å². The molecule has 16 heavy (non-hydrogen) atoms. The van der Waals surface area contributed by atoms with Gasteiger partial charge in [0.05, 0.1) is 5.60 Å². The van der Waals surface area contributed by atoms with E-state index in [0.717, 1.165) is 0 Å². The molecule has 6 heteroatoms. The molecule has 1 N–H and O–H groups in total. The van der Waals surface area contributed by atoms with Crippen LogP contribution in [-0.4, -0.2) is 53.9 Å². The molecule has 0 aliphatic carbocycles. The Balaban J connectivity index is 2.73. The van der Waals surface area contributed by atoms with Crippen molar-refractivity contribution in [2.75, 3.05) is 20.1 Å². The van der Waals surface area contributed by atoms with Gasteiger partial charge in [0.25, 0.3) is 10.2 Å². The van der Waals surface area contributed by atoms with Gasteiger partial charge in [-0.3, -0.25) is 0 Å². The normalized spacial score (nSPS) is 22.9. The zero-order valence-electron chi connectivity index (χ0n) is 10.5. The van der Waals surface area contributed by atoms with Crippen molar-refractivity contribution in [1.29, 1.82) is 0 Å². The first-order valence-corrected chi connectivity index (χ1v) is 7.02. The van der Waals surface area contributed by atoms with E-state index in [-0.39, 0.29) is 6.04 Å². The SMILES string of the molecule is CC(C)N(C)S(=O)(=O)N1CCC(C)(O)CC1. The molecule has 0 bridgehead atoms. The fraction of sp³-hybridized carbons (Fsp3) is 1.00. The standard InChI is InChI=1S/C10H22N2O3S/c1-9(2)11(4)16(14,15)12-7-5-10(3,13)6-8-12/h9,13H,5-8H2,1-4H3.